The Kier molecular flexibility index (Phi) is 3.32. The van der Waals surface area contributed by atoms with Crippen LogP contribution in [-0.4, -0.2) is 14.5 Å². The number of alkyl halides is 2. The summed E-state index contributed by atoms with van der Waals surface area (Å²) in [5.41, 5.74) is 0. The van der Waals surface area contributed by atoms with Gasteiger partial charge in [0.15, 0.2) is 0 Å². The molecule has 0 aromatic carbocycles. The van der Waals surface area contributed by atoms with Crippen LogP contribution in [0.15, 0.2) is 0 Å². The summed E-state index contributed by atoms with van der Waals surface area (Å²) in [6.45, 7) is 6.32. The highest BCUT2D eigenvalue weighted by molar-refractivity contribution is 6.76. The van der Waals surface area contributed by atoms with Crippen LogP contribution in [0.1, 0.15) is 6.42 Å². The van der Waals surface area contributed by atoms with E-state index >= 15 is 0 Å². The van der Waals surface area contributed by atoms with Gasteiger partial charge in [0.1, 0.15) is 0 Å². The van der Waals surface area contributed by atoms with Gasteiger partial charge in [-0.1, -0.05) is 25.7 Å². The van der Waals surface area contributed by atoms with Gasteiger partial charge in [-0.2, -0.15) is 0 Å². The molecule has 0 unspecified atom stereocenters. The Labute approximate surface area is 56.3 Å². The lowest BCUT2D eigenvalue weighted by Crippen LogP contribution is -2.19. The van der Waals surface area contributed by atoms with Crippen molar-refractivity contribution in [1.82, 2.24) is 0 Å². The van der Waals surface area contributed by atoms with Gasteiger partial charge >= 0.3 is 0 Å². The molecule has 0 saturated heterocycles. The van der Waals surface area contributed by atoms with Gasteiger partial charge in [-0.15, -0.1) is 0 Å². The van der Waals surface area contributed by atoms with Gasteiger partial charge in [-0.25, -0.2) is 8.78 Å². The summed E-state index contributed by atoms with van der Waals surface area (Å²) in [6, 6.07) is 0.741. The Hall–Kier alpha value is 0.0769. The van der Waals surface area contributed by atoms with Gasteiger partial charge in [-0.05, 0) is 0 Å². The highest BCUT2D eigenvalue weighted by atomic mass is 28.3. The zero-order chi connectivity index (χ0) is 7.49. The molecule has 0 heterocycles. The van der Waals surface area contributed by atoms with E-state index in [1.54, 1.807) is 0 Å². The zero-order valence-electron chi connectivity index (χ0n) is 6.25. The van der Waals surface area contributed by atoms with E-state index in [9.17, 15) is 8.78 Å². The molecular weight excluding hydrogens is 138 g/mol. The average Bonchev–Trinajstić information content (AvgIpc) is 1.59. The second-order valence-corrected chi connectivity index (χ2v) is 9.11. The Morgan fingerprint density at radius 1 is 1.22 bits per heavy atom. The van der Waals surface area contributed by atoms with Crippen molar-refractivity contribution in [3.8, 4) is 0 Å². The van der Waals surface area contributed by atoms with Crippen LogP contribution in [0.3, 0.4) is 0 Å². The Balaban J connectivity index is 3.28. The molecule has 0 nitrogen and oxygen atoms in total. The van der Waals surface area contributed by atoms with Crippen molar-refractivity contribution in [3.63, 3.8) is 0 Å². The molecule has 9 heavy (non-hydrogen) atoms. The highest BCUT2D eigenvalue weighted by Gasteiger charge is 2.15. The largest absolute Gasteiger partial charge is 0.238 e. The third-order valence-electron chi connectivity index (χ3n) is 1.11. The predicted molar refractivity (Wildman–Crippen MR) is 38.8 cm³/mol. The van der Waals surface area contributed by atoms with Gasteiger partial charge in [0, 0.05) is 14.5 Å². The lowest BCUT2D eigenvalue weighted by Gasteiger charge is -2.14. The van der Waals surface area contributed by atoms with Crippen LogP contribution in [-0.2, 0) is 0 Å². The van der Waals surface area contributed by atoms with E-state index in [-0.39, 0.29) is 6.42 Å². The van der Waals surface area contributed by atoms with Crippen LogP contribution in [0.25, 0.3) is 0 Å². The summed E-state index contributed by atoms with van der Waals surface area (Å²) < 4.78 is 23.2. The monoisotopic (exact) mass is 152 g/mol. The first kappa shape index (κ1) is 9.08. The molecule has 0 aromatic heterocycles. The van der Waals surface area contributed by atoms with Crippen LogP contribution in [0.4, 0.5) is 8.78 Å². The lowest BCUT2D eigenvalue weighted by molar-refractivity contribution is 0.143. The van der Waals surface area contributed by atoms with Crippen LogP contribution < -0.4 is 0 Å². The minimum atomic E-state index is -2.10. The van der Waals surface area contributed by atoms with E-state index in [4.69, 9.17) is 0 Å². The summed E-state index contributed by atoms with van der Waals surface area (Å²) in [6.07, 6.45) is -2.01. The van der Waals surface area contributed by atoms with Crippen LogP contribution in [0, 0.1) is 0 Å². The topological polar surface area (TPSA) is 0 Å². The van der Waals surface area contributed by atoms with Gasteiger partial charge < -0.3 is 0 Å². The maximum atomic E-state index is 11.6. The molecule has 0 atom stereocenters. The number of halogens is 2. The molecule has 0 radical (unpaired) electrons. The van der Waals surface area contributed by atoms with E-state index in [0.717, 1.165) is 6.04 Å². The zero-order valence-corrected chi connectivity index (χ0v) is 7.25. The van der Waals surface area contributed by atoms with Gasteiger partial charge in [0.25, 0.3) is 0 Å². The van der Waals surface area contributed by atoms with Crippen molar-refractivity contribution in [1.29, 1.82) is 0 Å². The van der Waals surface area contributed by atoms with E-state index in [2.05, 4.69) is 19.6 Å². The molecule has 0 bridgehead atoms. The molecule has 0 aliphatic carbocycles. The minimum absolute atomic E-state index is 0.0930. The summed E-state index contributed by atoms with van der Waals surface area (Å²) in [4.78, 5) is 0. The van der Waals surface area contributed by atoms with Crippen LogP contribution >= 0.6 is 0 Å². The van der Waals surface area contributed by atoms with E-state index in [1.165, 1.54) is 0 Å². The molecule has 3 heteroatoms. The van der Waals surface area contributed by atoms with Crippen molar-refractivity contribution in [2.24, 2.45) is 0 Å². The van der Waals surface area contributed by atoms with Gasteiger partial charge in [-0.3, -0.25) is 0 Å². The van der Waals surface area contributed by atoms with Crippen LogP contribution in [0.2, 0.25) is 25.7 Å². The standard InChI is InChI=1S/C6H14F2Si/c1-9(2,3)5-4-6(7)8/h6H,4-5H2,1-3H3. The maximum absolute atomic E-state index is 11.6. The Morgan fingerprint density at radius 2 is 1.67 bits per heavy atom. The van der Waals surface area contributed by atoms with E-state index in [0.29, 0.717) is 0 Å². The van der Waals surface area contributed by atoms with Crippen molar-refractivity contribution in [2.75, 3.05) is 0 Å². The first-order valence-corrected chi connectivity index (χ1v) is 6.91. The smallest absolute Gasteiger partial charge is 0.211 e. The third-order valence-corrected chi connectivity index (χ3v) is 2.90. The summed E-state index contributed by atoms with van der Waals surface area (Å²) >= 11 is 0. The molecule has 0 aliphatic heterocycles. The van der Waals surface area contributed by atoms with E-state index in [1.807, 2.05) is 0 Å². The summed E-state index contributed by atoms with van der Waals surface area (Å²) in [7, 11) is -1.20. The SMILES string of the molecule is C[Si](C)(C)CCC(F)F. The molecule has 0 saturated carbocycles. The highest BCUT2D eigenvalue weighted by Crippen LogP contribution is 2.14. The third kappa shape index (κ3) is 8.08. The number of rotatable bonds is 3. The van der Waals surface area contributed by atoms with Crippen molar-refractivity contribution < 1.29 is 8.78 Å². The average molecular weight is 152 g/mol. The van der Waals surface area contributed by atoms with Crippen LogP contribution in [0.5, 0.6) is 0 Å². The molecule has 0 rings (SSSR count). The van der Waals surface area contributed by atoms with Crippen molar-refractivity contribution in [2.45, 2.75) is 38.5 Å². The molecule has 0 aliphatic rings. The van der Waals surface area contributed by atoms with Crippen molar-refractivity contribution >= 4 is 8.07 Å². The fourth-order valence-corrected chi connectivity index (χ4v) is 1.63. The molecule has 0 amide bonds. The minimum Gasteiger partial charge on any atom is -0.211 e. The van der Waals surface area contributed by atoms with Gasteiger partial charge in [0.2, 0.25) is 6.43 Å². The Morgan fingerprint density at radius 3 is 1.78 bits per heavy atom. The second-order valence-electron chi connectivity index (χ2n) is 3.49. The fraction of sp³-hybridized carbons (Fsp3) is 1.00. The Bertz CT molecular complexity index is 75.6. The van der Waals surface area contributed by atoms with Gasteiger partial charge in [0.05, 0.1) is 0 Å². The molecule has 0 aromatic rings. The molecule has 0 spiro atoms. The fourth-order valence-electron chi connectivity index (χ4n) is 0.542. The first-order valence-electron chi connectivity index (χ1n) is 3.20. The normalized spacial score (nSPS) is 12.7. The number of hydrogen-bond acceptors (Lipinski definition) is 0. The lowest BCUT2D eigenvalue weighted by atomic mass is 10.5. The van der Waals surface area contributed by atoms with Crippen molar-refractivity contribution in [3.05, 3.63) is 0 Å². The molecular formula is C6H14F2Si. The molecule has 0 fully saturated rings. The summed E-state index contributed by atoms with van der Waals surface area (Å²) in [5, 5.41) is 0. The second kappa shape index (κ2) is 3.30. The number of hydrogen-bond donors (Lipinski definition) is 0. The quantitative estimate of drug-likeness (QED) is 0.545. The maximum Gasteiger partial charge on any atom is 0.238 e. The molecule has 0 N–H and O–H groups in total. The van der Waals surface area contributed by atoms with E-state index < -0.39 is 14.5 Å². The summed E-state index contributed by atoms with van der Waals surface area (Å²) in [5.74, 6) is 0. The molecule has 56 valence electrons. The predicted octanol–water partition coefficient (Wildman–Crippen LogP) is 2.98. The first-order chi connectivity index (χ1) is 3.92.